The maximum absolute atomic E-state index is 10.7. The molecular weight excluding hydrogens is 268 g/mol. The SMILES string of the molecule is NCCC1CN(c2ccc([N+](=O)[O-])cn2)c2ccccc21. The van der Waals surface area contributed by atoms with Crippen LogP contribution in [0.1, 0.15) is 17.9 Å². The summed E-state index contributed by atoms with van der Waals surface area (Å²) in [4.78, 5) is 16.6. The van der Waals surface area contributed by atoms with Crippen LogP contribution in [0, 0.1) is 10.1 Å². The van der Waals surface area contributed by atoms with E-state index in [0.717, 1.165) is 24.5 Å². The predicted molar refractivity (Wildman–Crippen MR) is 80.8 cm³/mol. The number of nitrogens with two attached hydrogens (primary N) is 1. The Morgan fingerprint density at radius 1 is 1.33 bits per heavy atom. The Morgan fingerprint density at radius 3 is 2.81 bits per heavy atom. The Bertz CT molecular complexity index is 657. The summed E-state index contributed by atoms with van der Waals surface area (Å²) in [6.07, 6.45) is 2.22. The summed E-state index contributed by atoms with van der Waals surface area (Å²) in [5.74, 6) is 1.11. The molecule has 0 fully saturated rings. The summed E-state index contributed by atoms with van der Waals surface area (Å²) < 4.78 is 0. The molecule has 0 radical (unpaired) electrons. The maximum Gasteiger partial charge on any atom is 0.287 e. The van der Waals surface area contributed by atoms with Gasteiger partial charge >= 0.3 is 0 Å². The molecule has 1 aromatic carbocycles. The Balaban J connectivity index is 1.94. The highest BCUT2D eigenvalue weighted by Crippen LogP contribution is 2.41. The molecule has 6 heteroatoms. The van der Waals surface area contributed by atoms with Crippen molar-refractivity contribution in [1.29, 1.82) is 0 Å². The second kappa shape index (κ2) is 5.49. The minimum absolute atomic E-state index is 0.00439. The molecule has 0 aliphatic carbocycles. The molecule has 0 amide bonds. The number of nitrogens with zero attached hydrogens (tertiary/aromatic N) is 3. The summed E-state index contributed by atoms with van der Waals surface area (Å²) in [6.45, 7) is 1.45. The third-order valence-electron chi connectivity index (χ3n) is 3.81. The van der Waals surface area contributed by atoms with Crippen LogP contribution in [0.2, 0.25) is 0 Å². The van der Waals surface area contributed by atoms with Crippen LogP contribution in [-0.4, -0.2) is 23.0 Å². The number of aromatic nitrogens is 1. The van der Waals surface area contributed by atoms with Gasteiger partial charge in [0.15, 0.2) is 0 Å². The van der Waals surface area contributed by atoms with Gasteiger partial charge in [0.2, 0.25) is 0 Å². The summed E-state index contributed by atoms with van der Waals surface area (Å²) in [5.41, 5.74) is 8.07. The lowest BCUT2D eigenvalue weighted by molar-refractivity contribution is -0.385. The van der Waals surface area contributed by atoms with Gasteiger partial charge in [-0.25, -0.2) is 4.98 Å². The first kappa shape index (κ1) is 13.5. The number of para-hydroxylation sites is 1. The van der Waals surface area contributed by atoms with Crippen molar-refractivity contribution in [2.45, 2.75) is 12.3 Å². The molecule has 0 spiro atoms. The Labute approximate surface area is 122 Å². The summed E-state index contributed by atoms with van der Waals surface area (Å²) in [7, 11) is 0. The second-order valence-electron chi connectivity index (χ2n) is 5.08. The van der Waals surface area contributed by atoms with Crippen LogP contribution in [0.4, 0.5) is 17.2 Å². The number of nitro groups is 1. The summed E-state index contributed by atoms with van der Waals surface area (Å²) in [5, 5.41) is 10.7. The monoisotopic (exact) mass is 284 g/mol. The fourth-order valence-corrected chi connectivity index (χ4v) is 2.81. The Hall–Kier alpha value is -2.47. The molecule has 2 heterocycles. The fraction of sp³-hybridized carbons (Fsp3) is 0.267. The molecule has 3 rings (SSSR count). The lowest BCUT2D eigenvalue weighted by Gasteiger charge is -2.18. The van der Waals surface area contributed by atoms with Crippen LogP contribution in [0.25, 0.3) is 0 Å². The van der Waals surface area contributed by atoms with Gasteiger partial charge in [0, 0.05) is 24.2 Å². The average molecular weight is 284 g/mol. The van der Waals surface area contributed by atoms with E-state index in [4.69, 9.17) is 5.73 Å². The third kappa shape index (κ3) is 2.45. The first-order valence-corrected chi connectivity index (χ1v) is 6.87. The zero-order valence-corrected chi connectivity index (χ0v) is 11.5. The smallest absolute Gasteiger partial charge is 0.287 e. The first-order valence-electron chi connectivity index (χ1n) is 6.87. The molecule has 2 N–H and O–H groups in total. The minimum atomic E-state index is -0.439. The minimum Gasteiger partial charge on any atom is -0.330 e. The zero-order valence-electron chi connectivity index (χ0n) is 11.5. The fourth-order valence-electron chi connectivity index (χ4n) is 2.81. The van der Waals surface area contributed by atoms with Crippen LogP contribution in [-0.2, 0) is 0 Å². The quantitative estimate of drug-likeness (QED) is 0.689. The molecule has 6 nitrogen and oxygen atoms in total. The van der Waals surface area contributed by atoms with Crippen LogP contribution >= 0.6 is 0 Å². The van der Waals surface area contributed by atoms with E-state index in [2.05, 4.69) is 22.0 Å². The number of anilines is 2. The highest BCUT2D eigenvalue weighted by molar-refractivity contribution is 5.69. The van der Waals surface area contributed by atoms with Gasteiger partial charge in [-0.15, -0.1) is 0 Å². The predicted octanol–water partition coefficient (Wildman–Crippen LogP) is 2.57. The van der Waals surface area contributed by atoms with E-state index in [9.17, 15) is 10.1 Å². The molecule has 1 aliphatic heterocycles. The highest BCUT2D eigenvalue weighted by Gasteiger charge is 2.29. The number of fused-ring (bicyclic) bond motifs is 1. The Morgan fingerprint density at radius 2 is 2.14 bits per heavy atom. The molecule has 1 atom stereocenters. The van der Waals surface area contributed by atoms with Gasteiger partial charge in [-0.05, 0) is 30.7 Å². The number of hydrogen-bond acceptors (Lipinski definition) is 5. The summed E-state index contributed by atoms with van der Waals surface area (Å²) in [6, 6.07) is 11.4. The number of hydrogen-bond donors (Lipinski definition) is 1. The second-order valence-corrected chi connectivity index (χ2v) is 5.08. The molecule has 0 saturated carbocycles. The molecule has 21 heavy (non-hydrogen) atoms. The van der Waals surface area contributed by atoms with E-state index in [-0.39, 0.29) is 5.69 Å². The standard InChI is InChI=1S/C15H16N4O2/c16-8-7-11-10-18(14-4-2-1-3-13(11)14)15-6-5-12(9-17-15)19(20)21/h1-6,9,11H,7-8,10,16H2. The van der Waals surface area contributed by atoms with Crippen molar-refractivity contribution in [2.75, 3.05) is 18.0 Å². The van der Waals surface area contributed by atoms with Crippen LogP contribution in [0.5, 0.6) is 0 Å². The third-order valence-corrected chi connectivity index (χ3v) is 3.81. The van der Waals surface area contributed by atoms with Crippen molar-refractivity contribution < 1.29 is 4.92 Å². The van der Waals surface area contributed by atoms with Crippen molar-refractivity contribution in [3.63, 3.8) is 0 Å². The maximum atomic E-state index is 10.7. The van der Waals surface area contributed by atoms with E-state index < -0.39 is 4.92 Å². The van der Waals surface area contributed by atoms with Crippen molar-refractivity contribution in [1.82, 2.24) is 4.98 Å². The van der Waals surface area contributed by atoms with Crippen LogP contribution < -0.4 is 10.6 Å². The van der Waals surface area contributed by atoms with Gasteiger partial charge in [0.1, 0.15) is 12.0 Å². The van der Waals surface area contributed by atoms with Gasteiger partial charge in [0.05, 0.1) is 4.92 Å². The molecule has 1 aromatic heterocycles. The van der Waals surface area contributed by atoms with Crippen molar-refractivity contribution in [3.8, 4) is 0 Å². The van der Waals surface area contributed by atoms with E-state index in [1.54, 1.807) is 6.07 Å². The molecule has 108 valence electrons. The molecular formula is C15H16N4O2. The lowest BCUT2D eigenvalue weighted by Crippen LogP contribution is -2.18. The van der Waals surface area contributed by atoms with Gasteiger partial charge in [-0.2, -0.15) is 0 Å². The van der Waals surface area contributed by atoms with E-state index in [0.29, 0.717) is 12.5 Å². The number of pyridine rings is 1. The molecule has 1 aliphatic rings. The zero-order chi connectivity index (χ0) is 14.8. The van der Waals surface area contributed by atoms with Gasteiger partial charge in [0.25, 0.3) is 5.69 Å². The highest BCUT2D eigenvalue weighted by atomic mass is 16.6. The summed E-state index contributed by atoms with van der Waals surface area (Å²) >= 11 is 0. The largest absolute Gasteiger partial charge is 0.330 e. The van der Waals surface area contributed by atoms with Crippen LogP contribution in [0.3, 0.4) is 0 Å². The molecule has 2 aromatic rings. The molecule has 0 saturated heterocycles. The van der Waals surface area contributed by atoms with Crippen LogP contribution in [0.15, 0.2) is 42.6 Å². The average Bonchev–Trinajstić information content (AvgIpc) is 2.87. The van der Waals surface area contributed by atoms with Crippen molar-refractivity contribution in [3.05, 3.63) is 58.3 Å². The normalized spacial score (nSPS) is 16.8. The van der Waals surface area contributed by atoms with E-state index in [1.165, 1.54) is 17.8 Å². The van der Waals surface area contributed by atoms with Gasteiger partial charge in [-0.1, -0.05) is 18.2 Å². The van der Waals surface area contributed by atoms with Gasteiger partial charge < -0.3 is 10.6 Å². The van der Waals surface area contributed by atoms with Crippen molar-refractivity contribution in [2.24, 2.45) is 5.73 Å². The van der Waals surface area contributed by atoms with Crippen molar-refractivity contribution >= 4 is 17.2 Å². The van der Waals surface area contributed by atoms with E-state index in [1.807, 2.05) is 12.1 Å². The first-order chi connectivity index (χ1) is 10.2. The van der Waals surface area contributed by atoms with Gasteiger partial charge in [-0.3, -0.25) is 10.1 Å². The Kier molecular flexibility index (Phi) is 3.53. The number of benzene rings is 1. The molecule has 0 bridgehead atoms. The topological polar surface area (TPSA) is 85.3 Å². The van der Waals surface area contributed by atoms with E-state index >= 15 is 0 Å². The number of rotatable bonds is 4. The lowest BCUT2D eigenvalue weighted by atomic mass is 9.98. The molecule has 1 unspecified atom stereocenters.